The lowest BCUT2D eigenvalue weighted by Crippen LogP contribution is -2.59. The molecule has 2 heteroatoms. The molecule has 0 heterocycles. The van der Waals surface area contributed by atoms with Gasteiger partial charge in [0.1, 0.15) is 0 Å². The monoisotopic (exact) mass is 160 g/mol. The molecule has 1 spiro atoms. The fourth-order valence-electron chi connectivity index (χ4n) is 2.93. The molecule has 2 rings (SSSR count). The van der Waals surface area contributed by atoms with Crippen molar-refractivity contribution in [2.75, 3.05) is 0 Å². The number of hydrogen-bond donors (Lipinski definition) is 0. The van der Waals surface area contributed by atoms with Crippen LogP contribution in [0.1, 0.15) is 33.1 Å². The molecule has 2 aliphatic carbocycles. The van der Waals surface area contributed by atoms with Crippen molar-refractivity contribution in [1.29, 1.82) is 0 Å². The van der Waals surface area contributed by atoms with E-state index in [2.05, 4.69) is 13.8 Å². The molecule has 2 unspecified atom stereocenters. The maximum atomic E-state index is 12.6. The second-order valence-corrected chi connectivity index (χ2v) is 4.48. The summed E-state index contributed by atoms with van der Waals surface area (Å²) in [5, 5.41) is 0. The van der Waals surface area contributed by atoms with Crippen LogP contribution in [0.15, 0.2) is 0 Å². The Bertz CT molecular complexity index is 168. The highest BCUT2D eigenvalue weighted by Crippen LogP contribution is 2.67. The quantitative estimate of drug-likeness (QED) is 0.511. The van der Waals surface area contributed by atoms with Gasteiger partial charge >= 0.3 is 0 Å². The molecule has 64 valence electrons. The predicted molar refractivity (Wildman–Crippen MR) is 39.6 cm³/mol. The minimum absolute atomic E-state index is 0.0451. The van der Waals surface area contributed by atoms with Crippen molar-refractivity contribution in [3.05, 3.63) is 0 Å². The summed E-state index contributed by atoms with van der Waals surface area (Å²) in [4.78, 5) is 0. The molecule has 0 amide bonds. The van der Waals surface area contributed by atoms with Crippen molar-refractivity contribution in [2.45, 2.75) is 39.0 Å². The van der Waals surface area contributed by atoms with Crippen LogP contribution in [0.4, 0.5) is 8.78 Å². The Labute approximate surface area is 66.0 Å². The molecular weight excluding hydrogens is 146 g/mol. The number of rotatable bonds is 0. The fourth-order valence-corrected chi connectivity index (χ4v) is 2.93. The van der Waals surface area contributed by atoms with Crippen molar-refractivity contribution in [2.24, 2.45) is 17.3 Å². The summed E-state index contributed by atoms with van der Waals surface area (Å²) < 4.78 is 25.2. The molecular formula is C9H14F2. The SMILES string of the molecule is CC1CC(C)C12CC(F)(F)C2. The van der Waals surface area contributed by atoms with Crippen LogP contribution in [0.3, 0.4) is 0 Å². The zero-order valence-electron chi connectivity index (χ0n) is 7.03. The first-order chi connectivity index (χ1) is 4.96. The first kappa shape index (κ1) is 7.51. The highest BCUT2D eigenvalue weighted by Gasteiger charge is 2.65. The van der Waals surface area contributed by atoms with Crippen LogP contribution < -0.4 is 0 Å². The summed E-state index contributed by atoms with van der Waals surface area (Å²) in [6.45, 7) is 4.21. The molecule has 0 bridgehead atoms. The van der Waals surface area contributed by atoms with Gasteiger partial charge in [0, 0.05) is 12.8 Å². The van der Waals surface area contributed by atoms with Crippen LogP contribution in [0, 0.1) is 17.3 Å². The Kier molecular flexibility index (Phi) is 1.21. The molecule has 0 N–H and O–H groups in total. The first-order valence-corrected chi connectivity index (χ1v) is 4.34. The van der Waals surface area contributed by atoms with E-state index >= 15 is 0 Å². The minimum Gasteiger partial charge on any atom is -0.207 e. The highest BCUT2D eigenvalue weighted by atomic mass is 19.3. The Hall–Kier alpha value is -0.140. The Morgan fingerprint density at radius 3 is 1.73 bits per heavy atom. The lowest BCUT2D eigenvalue weighted by atomic mass is 9.44. The van der Waals surface area contributed by atoms with Crippen LogP contribution in [-0.4, -0.2) is 5.92 Å². The average molecular weight is 160 g/mol. The van der Waals surface area contributed by atoms with Crippen LogP contribution in [-0.2, 0) is 0 Å². The number of hydrogen-bond acceptors (Lipinski definition) is 0. The zero-order valence-corrected chi connectivity index (χ0v) is 7.03. The normalized spacial score (nSPS) is 44.7. The lowest BCUT2D eigenvalue weighted by Gasteiger charge is -2.62. The van der Waals surface area contributed by atoms with E-state index in [1.54, 1.807) is 0 Å². The molecule has 2 atom stereocenters. The average Bonchev–Trinajstić information content (AvgIpc) is 1.83. The lowest BCUT2D eigenvalue weighted by molar-refractivity contribution is -0.243. The Balaban J connectivity index is 2.06. The molecule has 2 aliphatic rings. The van der Waals surface area contributed by atoms with Gasteiger partial charge in [-0.2, -0.15) is 0 Å². The van der Waals surface area contributed by atoms with Gasteiger partial charge in [-0.25, -0.2) is 8.78 Å². The van der Waals surface area contributed by atoms with Crippen molar-refractivity contribution >= 4 is 0 Å². The van der Waals surface area contributed by atoms with Gasteiger partial charge in [-0.15, -0.1) is 0 Å². The minimum atomic E-state index is -2.33. The van der Waals surface area contributed by atoms with E-state index in [0.717, 1.165) is 6.42 Å². The molecule has 0 nitrogen and oxygen atoms in total. The van der Waals surface area contributed by atoms with E-state index < -0.39 is 5.92 Å². The van der Waals surface area contributed by atoms with Gasteiger partial charge in [-0.1, -0.05) is 13.8 Å². The molecule has 0 aromatic rings. The van der Waals surface area contributed by atoms with Gasteiger partial charge in [-0.05, 0) is 23.7 Å². The number of alkyl halides is 2. The van der Waals surface area contributed by atoms with Gasteiger partial charge in [0.2, 0.25) is 5.92 Å². The van der Waals surface area contributed by atoms with E-state index in [1.807, 2.05) is 0 Å². The van der Waals surface area contributed by atoms with E-state index in [9.17, 15) is 8.78 Å². The number of halogens is 2. The van der Waals surface area contributed by atoms with Crippen molar-refractivity contribution in [3.8, 4) is 0 Å². The molecule has 0 saturated heterocycles. The van der Waals surface area contributed by atoms with Crippen molar-refractivity contribution in [3.63, 3.8) is 0 Å². The summed E-state index contributed by atoms with van der Waals surface area (Å²) in [5.41, 5.74) is 0.0451. The first-order valence-electron chi connectivity index (χ1n) is 4.34. The standard InChI is InChI=1S/C9H14F2/c1-6-3-7(2)8(6)4-9(10,11)5-8/h6-7H,3-5H2,1-2H3. The van der Waals surface area contributed by atoms with Gasteiger partial charge in [-0.3, -0.25) is 0 Å². The van der Waals surface area contributed by atoms with Gasteiger partial charge in [0.15, 0.2) is 0 Å². The molecule has 11 heavy (non-hydrogen) atoms. The summed E-state index contributed by atoms with van der Waals surface area (Å²) in [6, 6.07) is 0. The van der Waals surface area contributed by atoms with E-state index in [4.69, 9.17) is 0 Å². The molecule has 0 radical (unpaired) electrons. The maximum Gasteiger partial charge on any atom is 0.249 e. The Morgan fingerprint density at radius 1 is 1.09 bits per heavy atom. The van der Waals surface area contributed by atoms with Gasteiger partial charge in [0.25, 0.3) is 0 Å². The summed E-state index contributed by atoms with van der Waals surface area (Å²) in [5.74, 6) is -1.25. The fraction of sp³-hybridized carbons (Fsp3) is 1.00. The van der Waals surface area contributed by atoms with Crippen LogP contribution in [0.25, 0.3) is 0 Å². The van der Waals surface area contributed by atoms with Crippen molar-refractivity contribution in [1.82, 2.24) is 0 Å². The second-order valence-electron chi connectivity index (χ2n) is 4.48. The third-order valence-corrected chi connectivity index (χ3v) is 3.85. The van der Waals surface area contributed by atoms with E-state index in [-0.39, 0.29) is 18.3 Å². The van der Waals surface area contributed by atoms with Crippen LogP contribution >= 0.6 is 0 Å². The summed E-state index contributed by atoms with van der Waals surface area (Å²) in [7, 11) is 0. The topological polar surface area (TPSA) is 0 Å². The highest BCUT2D eigenvalue weighted by molar-refractivity contribution is 5.10. The predicted octanol–water partition coefficient (Wildman–Crippen LogP) is 3.08. The smallest absolute Gasteiger partial charge is 0.207 e. The maximum absolute atomic E-state index is 12.6. The third-order valence-electron chi connectivity index (χ3n) is 3.85. The molecule has 2 fully saturated rings. The van der Waals surface area contributed by atoms with Crippen molar-refractivity contribution < 1.29 is 8.78 Å². The summed E-state index contributed by atoms with van der Waals surface area (Å²) in [6.07, 6.45) is 1.46. The largest absolute Gasteiger partial charge is 0.249 e. The molecule has 0 aromatic carbocycles. The molecule has 0 aliphatic heterocycles. The Morgan fingerprint density at radius 2 is 1.55 bits per heavy atom. The molecule has 2 saturated carbocycles. The van der Waals surface area contributed by atoms with E-state index in [1.165, 1.54) is 0 Å². The summed E-state index contributed by atoms with van der Waals surface area (Å²) >= 11 is 0. The van der Waals surface area contributed by atoms with E-state index in [0.29, 0.717) is 11.8 Å². The molecule has 0 aromatic heterocycles. The van der Waals surface area contributed by atoms with Crippen LogP contribution in [0.2, 0.25) is 0 Å². The van der Waals surface area contributed by atoms with Gasteiger partial charge < -0.3 is 0 Å². The zero-order chi connectivity index (χ0) is 8.28. The van der Waals surface area contributed by atoms with Crippen LogP contribution in [0.5, 0.6) is 0 Å². The second kappa shape index (κ2) is 1.78. The van der Waals surface area contributed by atoms with Gasteiger partial charge in [0.05, 0.1) is 0 Å². The third kappa shape index (κ3) is 0.785.